The van der Waals surface area contributed by atoms with E-state index < -0.39 is 0 Å². The molecule has 0 saturated carbocycles. The van der Waals surface area contributed by atoms with Gasteiger partial charge in [-0.1, -0.05) is 30.3 Å². The van der Waals surface area contributed by atoms with Gasteiger partial charge in [0.05, 0.1) is 5.94 Å². The van der Waals surface area contributed by atoms with Gasteiger partial charge in [-0.15, -0.1) is 11.8 Å². The van der Waals surface area contributed by atoms with Crippen molar-refractivity contribution in [3.05, 3.63) is 35.9 Å². The zero-order valence-corrected chi connectivity index (χ0v) is 7.18. The van der Waals surface area contributed by atoms with Crippen molar-refractivity contribution in [3.63, 3.8) is 0 Å². The van der Waals surface area contributed by atoms with Crippen LogP contribution in [-0.2, 0) is 6.42 Å². The second-order valence-electron chi connectivity index (χ2n) is 2.27. The fraction of sp³-hybridized carbons (Fsp3) is 0.333. The number of aliphatic hydroxyl groups is 1. The lowest BCUT2D eigenvalue weighted by molar-refractivity contribution is 0.375. The van der Waals surface area contributed by atoms with Crippen LogP contribution in [0.3, 0.4) is 0 Å². The molecule has 0 aliphatic heterocycles. The van der Waals surface area contributed by atoms with Gasteiger partial charge in [-0.2, -0.15) is 0 Å². The molecule has 60 valence electrons. The van der Waals surface area contributed by atoms with E-state index in [4.69, 9.17) is 5.11 Å². The maximum atomic E-state index is 8.51. The zero-order valence-electron chi connectivity index (χ0n) is 6.36. The van der Waals surface area contributed by atoms with Crippen molar-refractivity contribution in [1.82, 2.24) is 0 Å². The average molecular weight is 168 g/mol. The summed E-state index contributed by atoms with van der Waals surface area (Å²) in [6.45, 7) is 0. The third-order valence-corrected chi connectivity index (χ3v) is 2.14. The highest BCUT2D eigenvalue weighted by molar-refractivity contribution is 7.99. The van der Waals surface area contributed by atoms with E-state index >= 15 is 0 Å². The summed E-state index contributed by atoms with van der Waals surface area (Å²) in [6.07, 6.45) is 1.05. The van der Waals surface area contributed by atoms with Crippen molar-refractivity contribution in [2.75, 3.05) is 11.7 Å². The van der Waals surface area contributed by atoms with Crippen LogP contribution in [-0.4, -0.2) is 16.8 Å². The molecule has 1 N–H and O–H groups in total. The van der Waals surface area contributed by atoms with Crippen LogP contribution in [0.1, 0.15) is 5.56 Å². The predicted molar refractivity (Wildman–Crippen MR) is 49.7 cm³/mol. The first-order chi connectivity index (χ1) is 5.43. The van der Waals surface area contributed by atoms with Crippen molar-refractivity contribution in [2.45, 2.75) is 6.42 Å². The Labute approximate surface area is 71.4 Å². The van der Waals surface area contributed by atoms with Crippen LogP contribution in [0.15, 0.2) is 30.3 Å². The zero-order chi connectivity index (χ0) is 7.94. The molecule has 1 aromatic carbocycles. The number of hydrogen-bond donors (Lipinski definition) is 1. The predicted octanol–water partition coefficient (Wildman–Crippen LogP) is 1.91. The van der Waals surface area contributed by atoms with Gasteiger partial charge in [-0.05, 0) is 17.7 Å². The number of hydrogen-bond acceptors (Lipinski definition) is 2. The summed E-state index contributed by atoms with van der Waals surface area (Å²) in [5.41, 5.74) is 1.34. The molecule has 0 spiro atoms. The first-order valence-corrected chi connectivity index (χ1v) is 4.81. The van der Waals surface area contributed by atoms with E-state index in [1.54, 1.807) is 11.8 Å². The molecule has 0 radical (unpaired) electrons. The topological polar surface area (TPSA) is 20.2 Å². The SMILES string of the molecule is OCSCCc1ccccc1. The largest absolute Gasteiger partial charge is 0.386 e. The molecule has 0 saturated heterocycles. The molecule has 1 aromatic rings. The molecule has 0 atom stereocenters. The lowest BCUT2D eigenvalue weighted by Gasteiger charge is -1.97. The van der Waals surface area contributed by atoms with E-state index in [9.17, 15) is 0 Å². The van der Waals surface area contributed by atoms with E-state index in [0.717, 1.165) is 12.2 Å². The summed E-state index contributed by atoms with van der Waals surface area (Å²) < 4.78 is 0. The number of thioether (sulfide) groups is 1. The molecular formula is C9H12OS. The van der Waals surface area contributed by atoms with Gasteiger partial charge in [0, 0.05) is 0 Å². The molecule has 0 bridgehead atoms. The Hall–Kier alpha value is -0.470. The van der Waals surface area contributed by atoms with Crippen molar-refractivity contribution in [1.29, 1.82) is 0 Å². The summed E-state index contributed by atoms with van der Waals surface area (Å²) >= 11 is 1.56. The lowest BCUT2D eigenvalue weighted by atomic mass is 10.2. The maximum absolute atomic E-state index is 8.51. The maximum Gasteiger partial charge on any atom is 0.0886 e. The summed E-state index contributed by atoms with van der Waals surface area (Å²) in [5.74, 6) is 1.23. The number of aryl methyl sites for hydroxylation is 1. The molecule has 1 nitrogen and oxygen atoms in total. The molecular weight excluding hydrogens is 156 g/mol. The van der Waals surface area contributed by atoms with Crippen LogP contribution < -0.4 is 0 Å². The second-order valence-corrected chi connectivity index (χ2v) is 3.35. The van der Waals surface area contributed by atoms with Crippen LogP contribution in [0.5, 0.6) is 0 Å². The van der Waals surface area contributed by atoms with Crippen molar-refractivity contribution in [3.8, 4) is 0 Å². The average Bonchev–Trinajstić information content (AvgIpc) is 2.07. The molecule has 0 unspecified atom stereocenters. The lowest BCUT2D eigenvalue weighted by Crippen LogP contribution is -1.88. The molecule has 0 fully saturated rings. The summed E-state index contributed by atoms with van der Waals surface area (Å²) in [6, 6.07) is 10.3. The van der Waals surface area contributed by atoms with Crippen LogP contribution in [0.25, 0.3) is 0 Å². The molecule has 0 aromatic heterocycles. The van der Waals surface area contributed by atoms with Gasteiger partial charge in [0.1, 0.15) is 0 Å². The van der Waals surface area contributed by atoms with Gasteiger partial charge >= 0.3 is 0 Å². The first-order valence-electron chi connectivity index (χ1n) is 3.66. The standard InChI is InChI=1S/C9H12OS/c10-8-11-7-6-9-4-2-1-3-5-9/h1-5,10H,6-8H2. The number of rotatable bonds is 4. The highest BCUT2D eigenvalue weighted by atomic mass is 32.2. The highest BCUT2D eigenvalue weighted by Crippen LogP contribution is 2.04. The quantitative estimate of drug-likeness (QED) is 0.547. The smallest absolute Gasteiger partial charge is 0.0886 e. The van der Waals surface area contributed by atoms with Crippen molar-refractivity contribution >= 4 is 11.8 Å². The third kappa shape index (κ3) is 3.44. The van der Waals surface area contributed by atoms with Gasteiger partial charge in [0.15, 0.2) is 0 Å². The Bertz CT molecular complexity index is 186. The Balaban J connectivity index is 2.28. The molecule has 1 rings (SSSR count). The van der Waals surface area contributed by atoms with Gasteiger partial charge < -0.3 is 5.11 Å². The first kappa shape index (κ1) is 8.62. The molecule has 0 amide bonds. The van der Waals surface area contributed by atoms with Crippen molar-refractivity contribution in [2.24, 2.45) is 0 Å². The Morgan fingerprint density at radius 1 is 1.18 bits per heavy atom. The normalized spacial score (nSPS) is 9.91. The Kier molecular flexibility index (Phi) is 4.09. The molecule has 0 aliphatic rings. The van der Waals surface area contributed by atoms with Crippen molar-refractivity contribution < 1.29 is 5.11 Å². The van der Waals surface area contributed by atoms with Crippen LogP contribution in [0.4, 0.5) is 0 Å². The fourth-order valence-electron chi connectivity index (χ4n) is 0.899. The molecule has 11 heavy (non-hydrogen) atoms. The summed E-state index contributed by atoms with van der Waals surface area (Å²) in [7, 11) is 0. The van der Waals surface area contributed by atoms with Gasteiger partial charge in [0.25, 0.3) is 0 Å². The van der Waals surface area contributed by atoms with E-state index in [1.807, 2.05) is 18.2 Å². The minimum Gasteiger partial charge on any atom is -0.386 e. The van der Waals surface area contributed by atoms with Gasteiger partial charge in [-0.25, -0.2) is 0 Å². The minimum absolute atomic E-state index is 0.229. The van der Waals surface area contributed by atoms with Crippen LogP contribution in [0, 0.1) is 0 Å². The van der Waals surface area contributed by atoms with E-state index in [0.29, 0.717) is 0 Å². The monoisotopic (exact) mass is 168 g/mol. The molecule has 2 heteroatoms. The highest BCUT2D eigenvalue weighted by Gasteiger charge is 1.89. The molecule has 0 heterocycles. The number of benzene rings is 1. The van der Waals surface area contributed by atoms with Gasteiger partial charge in [0.2, 0.25) is 0 Å². The Morgan fingerprint density at radius 2 is 1.91 bits per heavy atom. The fourth-order valence-corrected chi connectivity index (χ4v) is 1.41. The van der Waals surface area contributed by atoms with Gasteiger partial charge in [-0.3, -0.25) is 0 Å². The van der Waals surface area contributed by atoms with E-state index in [2.05, 4.69) is 12.1 Å². The Morgan fingerprint density at radius 3 is 2.55 bits per heavy atom. The van der Waals surface area contributed by atoms with Crippen LogP contribution in [0.2, 0.25) is 0 Å². The van der Waals surface area contributed by atoms with E-state index in [-0.39, 0.29) is 5.94 Å². The second kappa shape index (κ2) is 5.22. The van der Waals surface area contributed by atoms with E-state index in [1.165, 1.54) is 5.56 Å². The summed E-state index contributed by atoms with van der Waals surface area (Å²) in [5, 5.41) is 8.51. The minimum atomic E-state index is 0.229. The third-order valence-electron chi connectivity index (χ3n) is 1.47. The number of aliphatic hydroxyl groups excluding tert-OH is 1. The molecule has 0 aliphatic carbocycles. The van der Waals surface area contributed by atoms with Crippen LogP contribution >= 0.6 is 11.8 Å². The summed E-state index contributed by atoms with van der Waals surface area (Å²) in [4.78, 5) is 0.